The summed E-state index contributed by atoms with van der Waals surface area (Å²) in [7, 11) is 3.80. The van der Waals surface area contributed by atoms with Crippen molar-refractivity contribution in [2.45, 2.75) is 13.0 Å². The molecule has 0 bridgehead atoms. The highest BCUT2D eigenvalue weighted by molar-refractivity contribution is 5.90. The number of anilines is 2. The number of aliphatic hydroxyl groups excluding tert-OH is 1. The van der Waals surface area contributed by atoms with E-state index in [9.17, 15) is 9.59 Å². The van der Waals surface area contributed by atoms with E-state index in [-0.39, 0.29) is 6.54 Å². The number of nitrogens with one attached hydrogen (secondary N) is 2. The second kappa shape index (κ2) is 6.76. The lowest BCUT2D eigenvalue weighted by molar-refractivity contribution is -0.146. The molecule has 1 aromatic rings. The van der Waals surface area contributed by atoms with E-state index in [4.69, 9.17) is 10.2 Å². The van der Waals surface area contributed by atoms with Crippen molar-refractivity contribution in [3.63, 3.8) is 0 Å². The Morgan fingerprint density at radius 2 is 2.00 bits per heavy atom. The molecule has 4 N–H and O–H groups in total. The fourth-order valence-electron chi connectivity index (χ4n) is 1.62. The number of carboxylic acids is 1. The molecule has 0 saturated carbocycles. The first-order valence-corrected chi connectivity index (χ1v) is 6.05. The predicted octanol–water partition coefficient (Wildman–Crippen LogP) is 0.628. The molecule has 2 amide bonds. The van der Waals surface area contributed by atoms with Crippen LogP contribution in [-0.2, 0) is 4.79 Å². The average molecular weight is 281 g/mol. The Hall–Kier alpha value is -2.28. The van der Waals surface area contributed by atoms with E-state index in [1.54, 1.807) is 6.07 Å². The molecule has 0 aliphatic carbocycles. The monoisotopic (exact) mass is 281 g/mol. The van der Waals surface area contributed by atoms with Gasteiger partial charge < -0.3 is 25.7 Å². The van der Waals surface area contributed by atoms with E-state index in [2.05, 4.69) is 10.6 Å². The van der Waals surface area contributed by atoms with Gasteiger partial charge >= 0.3 is 12.0 Å². The van der Waals surface area contributed by atoms with Crippen molar-refractivity contribution in [3.8, 4) is 0 Å². The Labute approximate surface area is 117 Å². The minimum absolute atomic E-state index is 0.354. The third kappa shape index (κ3) is 4.43. The number of urea groups is 1. The third-order valence-corrected chi connectivity index (χ3v) is 2.69. The molecule has 0 aliphatic heterocycles. The van der Waals surface area contributed by atoms with E-state index < -0.39 is 18.1 Å². The van der Waals surface area contributed by atoms with Gasteiger partial charge in [-0.1, -0.05) is 6.07 Å². The number of amides is 2. The Morgan fingerprint density at radius 3 is 2.55 bits per heavy atom. The maximum atomic E-state index is 11.6. The van der Waals surface area contributed by atoms with Gasteiger partial charge in [-0.25, -0.2) is 9.59 Å². The molecule has 0 radical (unpaired) electrons. The fourth-order valence-corrected chi connectivity index (χ4v) is 1.62. The van der Waals surface area contributed by atoms with Crippen LogP contribution in [0.4, 0.5) is 16.2 Å². The van der Waals surface area contributed by atoms with Gasteiger partial charge in [0.1, 0.15) is 0 Å². The van der Waals surface area contributed by atoms with Crippen LogP contribution in [0.5, 0.6) is 0 Å². The maximum absolute atomic E-state index is 11.6. The number of aliphatic carboxylic acids is 1. The molecule has 7 heteroatoms. The fraction of sp³-hybridized carbons (Fsp3) is 0.385. The third-order valence-electron chi connectivity index (χ3n) is 2.69. The summed E-state index contributed by atoms with van der Waals surface area (Å²) in [5.74, 6) is -1.38. The molecule has 110 valence electrons. The van der Waals surface area contributed by atoms with Gasteiger partial charge in [-0.15, -0.1) is 0 Å². The molecule has 0 heterocycles. The maximum Gasteiger partial charge on any atom is 0.334 e. The van der Waals surface area contributed by atoms with E-state index in [0.29, 0.717) is 5.69 Å². The van der Waals surface area contributed by atoms with Crippen LogP contribution in [0, 0.1) is 6.92 Å². The summed E-state index contributed by atoms with van der Waals surface area (Å²) < 4.78 is 0. The topological polar surface area (TPSA) is 102 Å². The molecule has 7 nitrogen and oxygen atoms in total. The van der Waals surface area contributed by atoms with Crippen molar-refractivity contribution in [1.82, 2.24) is 5.32 Å². The molecule has 1 unspecified atom stereocenters. The molecular formula is C13H19N3O4. The van der Waals surface area contributed by atoms with Gasteiger partial charge in [0.25, 0.3) is 0 Å². The molecule has 0 fully saturated rings. The number of carbonyl (C=O) groups is 2. The lowest BCUT2D eigenvalue weighted by Crippen LogP contribution is -2.38. The summed E-state index contributed by atoms with van der Waals surface area (Å²) in [6.07, 6.45) is -1.61. The normalized spacial score (nSPS) is 11.6. The van der Waals surface area contributed by atoms with Gasteiger partial charge in [0.05, 0.1) is 6.54 Å². The van der Waals surface area contributed by atoms with Crippen molar-refractivity contribution >= 4 is 23.4 Å². The average Bonchev–Trinajstić information content (AvgIpc) is 2.37. The summed E-state index contributed by atoms with van der Waals surface area (Å²) in [6, 6.07) is 4.86. The Morgan fingerprint density at radius 1 is 1.35 bits per heavy atom. The number of nitrogens with zero attached hydrogens (tertiary/aromatic N) is 1. The quantitative estimate of drug-likeness (QED) is 0.634. The van der Waals surface area contributed by atoms with Gasteiger partial charge in [0.15, 0.2) is 6.10 Å². The van der Waals surface area contributed by atoms with Gasteiger partial charge in [-0.05, 0) is 24.6 Å². The number of hydrogen-bond acceptors (Lipinski definition) is 4. The van der Waals surface area contributed by atoms with Gasteiger partial charge in [0, 0.05) is 25.5 Å². The number of aliphatic hydroxyl groups is 1. The first-order valence-electron chi connectivity index (χ1n) is 6.05. The van der Waals surface area contributed by atoms with Crippen LogP contribution in [0.2, 0.25) is 0 Å². The lowest BCUT2D eigenvalue weighted by atomic mass is 10.1. The second-order valence-corrected chi connectivity index (χ2v) is 4.58. The molecule has 1 rings (SSSR count). The van der Waals surface area contributed by atoms with Crippen LogP contribution < -0.4 is 15.5 Å². The number of rotatable bonds is 5. The Balaban J connectivity index is 2.62. The smallest absolute Gasteiger partial charge is 0.334 e. The largest absolute Gasteiger partial charge is 0.479 e. The molecule has 0 aromatic heterocycles. The Kier molecular flexibility index (Phi) is 5.33. The van der Waals surface area contributed by atoms with Crippen LogP contribution >= 0.6 is 0 Å². The summed E-state index contributed by atoms with van der Waals surface area (Å²) in [6.45, 7) is 1.61. The zero-order valence-electron chi connectivity index (χ0n) is 11.7. The number of aryl methyl sites for hydroxylation is 1. The first-order chi connectivity index (χ1) is 9.31. The molecular weight excluding hydrogens is 262 g/mol. The van der Waals surface area contributed by atoms with Gasteiger partial charge in [-0.2, -0.15) is 0 Å². The second-order valence-electron chi connectivity index (χ2n) is 4.58. The van der Waals surface area contributed by atoms with Crippen LogP contribution in [0.15, 0.2) is 18.2 Å². The van der Waals surface area contributed by atoms with Crippen molar-refractivity contribution in [2.75, 3.05) is 30.9 Å². The van der Waals surface area contributed by atoms with Gasteiger partial charge in [0.2, 0.25) is 0 Å². The molecule has 0 spiro atoms. The molecule has 1 aromatic carbocycles. The minimum atomic E-state index is -1.61. The summed E-state index contributed by atoms with van der Waals surface area (Å²) in [5, 5.41) is 22.4. The summed E-state index contributed by atoms with van der Waals surface area (Å²) >= 11 is 0. The number of carbonyl (C=O) groups excluding carboxylic acids is 1. The molecule has 0 aliphatic rings. The number of carboxylic acid groups (broad SMARTS) is 1. The van der Waals surface area contributed by atoms with Gasteiger partial charge in [-0.3, -0.25) is 0 Å². The van der Waals surface area contributed by atoms with E-state index in [0.717, 1.165) is 11.3 Å². The van der Waals surface area contributed by atoms with Crippen LogP contribution in [0.3, 0.4) is 0 Å². The highest BCUT2D eigenvalue weighted by atomic mass is 16.4. The molecule has 0 saturated heterocycles. The first kappa shape index (κ1) is 15.8. The van der Waals surface area contributed by atoms with Crippen LogP contribution in [-0.4, -0.2) is 49.0 Å². The summed E-state index contributed by atoms with van der Waals surface area (Å²) in [5.41, 5.74) is 2.62. The molecule has 1 atom stereocenters. The standard InChI is InChI=1S/C13H19N3O4/c1-8-4-5-9(6-10(8)16(2)3)15-13(20)14-7-11(17)12(18)19/h4-6,11,17H,7H2,1-3H3,(H,18,19)(H2,14,15,20). The Bertz CT molecular complexity index is 502. The van der Waals surface area contributed by atoms with Crippen LogP contribution in [0.1, 0.15) is 5.56 Å². The molecule has 20 heavy (non-hydrogen) atoms. The highest BCUT2D eigenvalue weighted by Crippen LogP contribution is 2.22. The number of hydrogen-bond donors (Lipinski definition) is 4. The number of benzene rings is 1. The summed E-state index contributed by atoms with van der Waals surface area (Å²) in [4.78, 5) is 23.9. The highest BCUT2D eigenvalue weighted by Gasteiger charge is 2.14. The lowest BCUT2D eigenvalue weighted by Gasteiger charge is -2.17. The van der Waals surface area contributed by atoms with E-state index >= 15 is 0 Å². The van der Waals surface area contributed by atoms with Crippen molar-refractivity contribution < 1.29 is 19.8 Å². The van der Waals surface area contributed by atoms with E-state index in [1.165, 1.54) is 0 Å². The minimum Gasteiger partial charge on any atom is -0.479 e. The van der Waals surface area contributed by atoms with Crippen molar-refractivity contribution in [2.24, 2.45) is 0 Å². The zero-order chi connectivity index (χ0) is 15.3. The van der Waals surface area contributed by atoms with Crippen LogP contribution in [0.25, 0.3) is 0 Å². The predicted molar refractivity (Wildman–Crippen MR) is 76.2 cm³/mol. The van der Waals surface area contributed by atoms with Crippen molar-refractivity contribution in [1.29, 1.82) is 0 Å². The zero-order valence-corrected chi connectivity index (χ0v) is 11.7. The van der Waals surface area contributed by atoms with Crippen molar-refractivity contribution in [3.05, 3.63) is 23.8 Å². The van der Waals surface area contributed by atoms with E-state index in [1.807, 2.05) is 38.1 Å². The SMILES string of the molecule is Cc1ccc(NC(=O)NCC(O)C(=O)O)cc1N(C)C.